The van der Waals surface area contributed by atoms with Crippen molar-refractivity contribution in [2.45, 2.75) is 26.2 Å². The quantitative estimate of drug-likeness (QED) is 0.165. The van der Waals surface area contributed by atoms with E-state index >= 15 is 0 Å². The van der Waals surface area contributed by atoms with Gasteiger partial charge in [-0.25, -0.2) is 0 Å². The molecule has 0 aliphatic heterocycles. The van der Waals surface area contributed by atoms with E-state index in [1.165, 1.54) is 82.0 Å². The first-order chi connectivity index (χ1) is 33.4. The molecule has 0 saturated heterocycles. The summed E-state index contributed by atoms with van der Waals surface area (Å²) in [5, 5.41) is 16.2. The van der Waals surface area contributed by atoms with Crippen LogP contribution >= 0.6 is 0 Å². The van der Waals surface area contributed by atoms with Gasteiger partial charge in [0.2, 0.25) is 0 Å². The molecule has 0 unspecified atom stereocenters. The molecule has 2 heterocycles. The summed E-state index contributed by atoms with van der Waals surface area (Å²) in [6.07, 6.45) is 0. The van der Waals surface area contributed by atoms with Crippen LogP contribution in [0.15, 0.2) is 221 Å². The van der Waals surface area contributed by atoms with Gasteiger partial charge in [0.05, 0.1) is 0 Å². The van der Waals surface area contributed by atoms with Crippen LogP contribution < -0.4 is 0 Å². The third kappa shape index (κ3) is 5.58. The Labute approximate surface area is 393 Å². The van der Waals surface area contributed by atoms with Crippen molar-refractivity contribution in [1.29, 1.82) is 0 Å². The second-order valence-corrected chi connectivity index (χ2v) is 19.4. The van der Waals surface area contributed by atoms with Gasteiger partial charge in [-0.3, -0.25) is 0 Å². The van der Waals surface area contributed by atoms with Crippen molar-refractivity contribution in [3.05, 3.63) is 218 Å². The minimum atomic E-state index is 0.0561. The smallest absolute Gasteiger partial charge is 0.143 e. The third-order valence-electron chi connectivity index (χ3n) is 14.6. The van der Waals surface area contributed by atoms with Crippen molar-refractivity contribution in [2.75, 3.05) is 0 Å². The molecule has 0 N–H and O–H groups in total. The Hall–Kier alpha value is -8.46. The molecule has 320 valence electrons. The van der Waals surface area contributed by atoms with Crippen molar-refractivity contribution >= 4 is 97.7 Å². The molecule has 0 aliphatic rings. The van der Waals surface area contributed by atoms with E-state index in [0.717, 1.165) is 65.8 Å². The average Bonchev–Trinajstić information content (AvgIpc) is 3.97. The Balaban J connectivity index is 1.16. The minimum Gasteiger partial charge on any atom is -0.455 e. The Morgan fingerprint density at radius 2 is 0.618 bits per heavy atom. The molecule has 0 saturated carbocycles. The minimum absolute atomic E-state index is 0.0561. The van der Waals surface area contributed by atoms with Crippen molar-refractivity contribution in [3.63, 3.8) is 0 Å². The van der Waals surface area contributed by atoms with Crippen molar-refractivity contribution in [2.24, 2.45) is 0 Å². The first-order valence-electron chi connectivity index (χ1n) is 23.7. The Kier molecular flexibility index (Phi) is 8.28. The number of para-hydroxylation sites is 2. The zero-order valence-corrected chi connectivity index (χ0v) is 38.0. The van der Waals surface area contributed by atoms with Gasteiger partial charge in [-0.05, 0) is 106 Å². The number of rotatable bonds is 4. The summed E-state index contributed by atoms with van der Waals surface area (Å²) in [5.41, 5.74) is 14.2. The van der Waals surface area contributed by atoms with Gasteiger partial charge < -0.3 is 8.83 Å². The number of fused-ring (bicyclic) bond motifs is 13. The highest BCUT2D eigenvalue weighted by atomic mass is 16.3. The van der Waals surface area contributed by atoms with E-state index < -0.39 is 0 Å². The van der Waals surface area contributed by atoms with Crippen LogP contribution in [0, 0.1) is 0 Å². The maximum absolute atomic E-state index is 7.20. The molecule has 2 nitrogen and oxygen atoms in total. The second-order valence-electron chi connectivity index (χ2n) is 19.4. The van der Waals surface area contributed by atoms with Crippen molar-refractivity contribution in [1.82, 2.24) is 0 Å². The van der Waals surface area contributed by atoms with Gasteiger partial charge in [0.15, 0.2) is 0 Å². The molecule has 2 aromatic heterocycles. The van der Waals surface area contributed by atoms with Crippen molar-refractivity contribution < 1.29 is 8.83 Å². The second kappa shape index (κ2) is 14.5. The van der Waals surface area contributed by atoms with Crippen LogP contribution in [0.5, 0.6) is 0 Å². The number of furan rings is 2. The van der Waals surface area contributed by atoms with E-state index in [1.54, 1.807) is 0 Å². The maximum Gasteiger partial charge on any atom is 0.143 e. The molecular formula is C66H44O2. The molecule has 0 spiro atoms. The SMILES string of the molecule is CC(C)(C)c1ccc(-c2c3ccccc3c(-c3cc4cc(-c5c6ccccc6c(-c6ccccc6)c6ccccc56)c5oc6ccccc6c5c4c4c3oc3ccccc34)c3ccccc23)cc1. The summed E-state index contributed by atoms with van der Waals surface area (Å²) in [5.74, 6) is 0. The number of benzene rings is 12. The third-order valence-corrected chi connectivity index (χ3v) is 14.6. The molecule has 0 radical (unpaired) electrons. The van der Waals surface area contributed by atoms with E-state index in [9.17, 15) is 0 Å². The van der Waals surface area contributed by atoms with Gasteiger partial charge in [-0.1, -0.05) is 209 Å². The highest BCUT2D eigenvalue weighted by molar-refractivity contribution is 6.37. The van der Waals surface area contributed by atoms with E-state index in [0.29, 0.717) is 0 Å². The first kappa shape index (κ1) is 38.8. The normalized spacial score (nSPS) is 12.3. The molecule has 14 aromatic rings. The predicted molar refractivity (Wildman–Crippen MR) is 289 cm³/mol. The van der Waals surface area contributed by atoms with Gasteiger partial charge in [0.1, 0.15) is 22.3 Å². The van der Waals surface area contributed by atoms with Gasteiger partial charge in [-0.2, -0.15) is 0 Å². The highest BCUT2D eigenvalue weighted by Gasteiger charge is 2.27. The standard InChI is InChI=1S/C66H44O2/c1-66(2,3)42-35-33-40(34-36-42)58-45-23-9-13-27-49(45)61(50-28-14-10-24-46(50)58)54-38-41-37-53(60-47-25-11-7-21-43(47)57(39-19-5-4-6-20-39)44-22-8-12-26-48(44)60)64-62(51-29-15-17-31-55(51)67-64)59(41)63-52-30-16-18-32-56(52)68-65(54)63/h4-38H,1-3H3. The van der Waals surface area contributed by atoms with Crippen LogP contribution in [0.2, 0.25) is 0 Å². The zero-order chi connectivity index (χ0) is 45.3. The van der Waals surface area contributed by atoms with Crippen molar-refractivity contribution in [3.8, 4) is 44.5 Å². The molecule has 2 heteroatoms. The maximum atomic E-state index is 7.20. The highest BCUT2D eigenvalue weighted by Crippen LogP contribution is 2.53. The lowest BCUT2D eigenvalue weighted by Gasteiger charge is -2.21. The molecule has 68 heavy (non-hydrogen) atoms. The molecule has 0 bridgehead atoms. The molecule has 0 amide bonds. The molecule has 0 aliphatic carbocycles. The van der Waals surface area contributed by atoms with E-state index in [4.69, 9.17) is 8.83 Å². The molecule has 14 rings (SSSR count). The summed E-state index contributed by atoms with van der Waals surface area (Å²) >= 11 is 0. The van der Waals surface area contributed by atoms with Gasteiger partial charge in [-0.15, -0.1) is 0 Å². The van der Waals surface area contributed by atoms with Crippen LogP contribution in [0.1, 0.15) is 26.3 Å². The summed E-state index contributed by atoms with van der Waals surface area (Å²) in [6.45, 7) is 6.83. The lowest BCUT2D eigenvalue weighted by Crippen LogP contribution is -2.10. The first-order valence-corrected chi connectivity index (χ1v) is 23.7. The van der Waals surface area contributed by atoms with Crippen LogP contribution in [0.25, 0.3) is 142 Å². The average molecular weight is 869 g/mol. The number of hydrogen-bond donors (Lipinski definition) is 0. The largest absolute Gasteiger partial charge is 0.455 e. The fourth-order valence-corrected chi connectivity index (χ4v) is 11.6. The Morgan fingerprint density at radius 3 is 1.00 bits per heavy atom. The Morgan fingerprint density at radius 1 is 0.294 bits per heavy atom. The molecule has 0 fully saturated rings. The van der Waals surface area contributed by atoms with E-state index in [-0.39, 0.29) is 5.41 Å². The Bertz CT molecular complexity index is 4270. The van der Waals surface area contributed by atoms with Gasteiger partial charge in [0, 0.05) is 49.2 Å². The molecule has 0 atom stereocenters. The molecular weight excluding hydrogens is 825 g/mol. The molecule has 12 aromatic carbocycles. The van der Waals surface area contributed by atoms with Crippen LogP contribution in [0.4, 0.5) is 0 Å². The van der Waals surface area contributed by atoms with E-state index in [2.05, 4.69) is 233 Å². The van der Waals surface area contributed by atoms with Gasteiger partial charge >= 0.3 is 0 Å². The lowest BCUT2D eigenvalue weighted by atomic mass is 9.82. The van der Waals surface area contributed by atoms with Crippen LogP contribution in [0.3, 0.4) is 0 Å². The number of hydrogen-bond acceptors (Lipinski definition) is 2. The van der Waals surface area contributed by atoms with E-state index in [1.807, 2.05) is 0 Å². The zero-order valence-electron chi connectivity index (χ0n) is 38.0. The summed E-state index contributed by atoms with van der Waals surface area (Å²) in [6, 6.07) is 77.6. The van der Waals surface area contributed by atoms with Gasteiger partial charge in [0.25, 0.3) is 0 Å². The monoisotopic (exact) mass is 868 g/mol. The fourth-order valence-electron chi connectivity index (χ4n) is 11.6. The van der Waals surface area contributed by atoms with Crippen LogP contribution in [-0.4, -0.2) is 0 Å². The predicted octanol–water partition coefficient (Wildman–Crippen LogP) is 19.2. The topological polar surface area (TPSA) is 26.3 Å². The summed E-state index contributed by atoms with van der Waals surface area (Å²) in [4.78, 5) is 0. The fraction of sp³-hybridized carbons (Fsp3) is 0.0606. The summed E-state index contributed by atoms with van der Waals surface area (Å²) < 4.78 is 14.4. The van der Waals surface area contributed by atoms with Crippen LogP contribution in [-0.2, 0) is 5.41 Å². The lowest BCUT2D eigenvalue weighted by molar-refractivity contribution is 0.590. The summed E-state index contributed by atoms with van der Waals surface area (Å²) in [7, 11) is 0.